The molecular formula is C16H26O2. The molecule has 0 aromatic rings. The highest BCUT2D eigenvalue weighted by Gasteiger charge is 2.60. The van der Waals surface area contributed by atoms with Gasteiger partial charge in [0.2, 0.25) is 0 Å². The molecule has 0 aliphatic heterocycles. The lowest BCUT2D eigenvalue weighted by Gasteiger charge is -2.66. The van der Waals surface area contributed by atoms with Crippen LogP contribution in [0.3, 0.4) is 0 Å². The average molecular weight is 250 g/mol. The number of carboxylic acid groups (broad SMARTS) is 1. The van der Waals surface area contributed by atoms with E-state index in [2.05, 4.69) is 20.8 Å². The van der Waals surface area contributed by atoms with Crippen molar-refractivity contribution in [3.05, 3.63) is 0 Å². The van der Waals surface area contributed by atoms with Crippen molar-refractivity contribution in [2.24, 2.45) is 28.1 Å². The molecule has 4 rings (SSSR count). The van der Waals surface area contributed by atoms with Crippen molar-refractivity contribution in [2.75, 3.05) is 0 Å². The molecule has 18 heavy (non-hydrogen) atoms. The maximum absolute atomic E-state index is 11.2. The zero-order valence-electron chi connectivity index (χ0n) is 12.0. The third kappa shape index (κ3) is 1.71. The molecule has 0 spiro atoms. The molecule has 2 nitrogen and oxygen atoms in total. The number of hydrogen-bond donors (Lipinski definition) is 1. The molecule has 1 N–H and O–H groups in total. The zero-order valence-corrected chi connectivity index (χ0v) is 12.0. The monoisotopic (exact) mass is 250 g/mol. The summed E-state index contributed by atoms with van der Waals surface area (Å²) < 4.78 is 0. The molecule has 0 aromatic heterocycles. The predicted octanol–water partition coefficient (Wildman–Crippen LogP) is 4.09. The van der Waals surface area contributed by atoms with Crippen LogP contribution in [0.1, 0.15) is 65.7 Å². The minimum Gasteiger partial charge on any atom is -0.481 e. The molecule has 2 atom stereocenters. The van der Waals surface area contributed by atoms with E-state index >= 15 is 0 Å². The summed E-state index contributed by atoms with van der Waals surface area (Å²) in [5, 5.41) is 9.21. The molecule has 102 valence electrons. The highest BCUT2D eigenvalue weighted by Crippen LogP contribution is 2.70. The highest BCUT2D eigenvalue weighted by atomic mass is 16.4. The van der Waals surface area contributed by atoms with Gasteiger partial charge in [-0.15, -0.1) is 0 Å². The first-order valence-electron chi connectivity index (χ1n) is 7.46. The second-order valence-electron chi connectivity index (χ2n) is 8.51. The van der Waals surface area contributed by atoms with Gasteiger partial charge in [-0.25, -0.2) is 0 Å². The van der Waals surface area contributed by atoms with Crippen LogP contribution in [-0.2, 0) is 4.79 Å². The summed E-state index contributed by atoms with van der Waals surface area (Å²) in [6.07, 6.45) is 8.40. The minimum absolute atomic E-state index is 0.0438. The van der Waals surface area contributed by atoms with Crippen LogP contribution in [0.15, 0.2) is 0 Å². The largest absolute Gasteiger partial charge is 0.481 e. The lowest BCUT2D eigenvalue weighted by molar-refractivity contribution is -0.168. The summed E-state index contributed by atoms with van der Waals surface area (Å²) in [4.78, 5) is 11.2. The minimum atomic E-state index is -0.624. The van der Waals surface area contributed by atoms with Gasteiger partial charge in [-0.05, 0) is 66.6 Å². The number of hydrogen-bond acceptors (Lipinski definition) is 1. The van der Waals surface area contributed by atoms with Crippen molar-refractivity contribution >= 4 is 5.97 Å². The van der Waals surface area contributed by atoms with Crippen molar-refractivity contribution in [1.82, 2.24) is 0 Å². The maximum Gasteiger partial charge on any atom is 0.303 e. The van der Waals surface area contributed by atoms with Crippen molar-refractivity contribution < 1.29 is 9.90 Å². The van der Waals surface area contributed by atoms with E-state index in [1.807, 2.05) is 0 Å². The Hall–Kier alpha value is -0.530. The van der Waals surface area contributed by atoms with Gasteiger partial charge >= 0.3 is 5.97 Å². The van der Waals surface area contributed by atoms with Crippen LogP contribution in [-0.4, -0.2) is 11.1 Å². The molecule has 4 aliphatic carbocycles. The number of carbonyl (C=O) groups is 1. The van der Waals surface area contributed by atoms with E-state index in [-0.39, 0.29) is 5.41 Å². The first-order chi connectivity index (χ1) is 8.24. The topological polar surface area (TPSA) is 37.3 Å². The van der Waals surface area contributed by atoms with Gasteiger partial charge in [-0.1, -0.05) is 20.8 Å². The van der Waals surface area contributed by atoms with E-state index in [4.69, 9.17) is 0 Å². The van der Waals surface area contributed by atoms with Gasteiger partial charge in [0.1, 0.15) is 0 Å². The summed E-state index contributed by atoms with van der Waals surface area (Å²) in [5.74, 6) is 1.13. The quantitative estimate of drug-likeness (QED) is 0.819. The van der Waals surface area contributed by atoms with E-state index in [1.54, 1.807) is 0 Å². The molecule has 4 fully saturated rings. The highest BCUT2D eigenvalue weighted by molar-refractivity contribution is 5.67. The smallest absolute Gasteiger partial charge is 0.303 e. The molecule has 0 heterocycles. The number of aliphatic carboxylic acids is 1. The summed E-state index contributed by atoms with van der Waals surface area (Å²) in [7, 11) is 0. The molecule has 0 saturated heterocycles. The van der Waals surface area contributed by atoms with Crippen LogP contribution >= 0.6 is 0 Å². The van der Waals surface area contributed by atoms with Crippen molar-refractivity contribution in [2.45, 2.75) is 65.7 Å². The molecule has 2 heteroatoms. The van der Waals surface area contributed by atoms with Crippen LogP contribution in [0, 0.1) is 28.1 Å². The first-order valence-corrected chi connectivity index (χ1v) is 7.46. The van der Waals surface area contributed by atoms with Crippen LogP contribution < -0.4 is 0 Å². The Balaban J connectivity index is 1.93. The SMILES string of the molecule is CC12CC3CC(C1)CC(C(C)(C)CC(=O)O)(C3)C2. The standard InChI is InChI=1S/C16H26O2/c1-14(2,9-13(17)18)16-7-11-4-12(8-16)6-15(3,5-11)10-16/h11-12H,4-10H2,1-3H3,(H,17,18). The van der Waals surface area contributed by atoms with E-state index in [0.717, 1.165) is 11.8 Å². The zero-order chi connectivity index (χ0) is 13.2. The second kappa shape index (κ2) is 3.52. The number of carboxylic acids is 1. The predicted molar refractivity (Wildman–Crippen MR) is 71.3 cm³/mol. The van der Waals surface area contributed by atoms with E-state index in [9.17, 15) is 9.90 Å². The number of rotatable bonds is 3. The van der Waals surface area contributed by atoms with Gasteiger partial charge in [0.25, 0.3) is 0 Å². The first kappa shape index (κ1) is 12.5. The van der Waals surface area contributed by atoms with Crippen LogP contribution in [0.4, 0.5) is 0 Å². The summed E-state index contributed by atoms with van der Waals surface area (Å²) in [6.45, 7) is 6.87. The molecule has 0 radical (unpaired) electrons. The summed E-state index contributed by atoms with van der Waals surface area (Å²) >= 11 is 0. The Kier molecular flexibility index (Phi) is 2.44. The third-order valence-electron chi connectivity index (χ3n) is 6.38. The fourth-order valence-electron chi connectivity index (χ4n) is 6.08. The van der Waals surface area contributed by atoms with Crippen LogP contribution in [0.5, 0.6) is 0 Å². The molecule has 0 amide bonds. The average Bonchev–Trinajstić information content (AvgIpc) is 2.10. The van der Waals surface area contributed by atoms with Crippen LogP contribution in [0.25, 0.3) is 0 Å². The fourth-order valence-corrected chi connectivity index (χ4v) is 6.08. The van der Waals surface area contributed by atoms with Gasteiger partial charge in [-0.2, -0.15) is 0 Å². The van der Waals surface area contributed by atoms with E-state index < -0.39 is 5.97 Å². The van der Waals surface area contributed by atoms with Gasteiger partial charge in [-0.3, -0.25) is 4.79 Å². The molecular weight excluding hydrogens is 224 g/mol. The summed E-state index contributed by atoms with van der Waals surface area (Å²) in [5.41, 5.74) is 0.780. The molecule has 2 unspecified atom stereocenters. The van der Waals surface area contributed by atoms with E-state index in [0.29, 0.717) is 17.3 Å². The molecule has 4 saturated carbocycles. The van der Waals surface area contributed by atoms with Gasteiger partial charge in [0.05, 0.1) is 6.42 Å². The Morgan fingerprint density at radius 1 is 1.22 bits per heavy atom. The molecule has 4 aliphatic rings. The molecule has 0 aromatic carbocycles. The van der Waals surface area contributed by atoms with Gasteiger partial charge in [0.15, 0.2) is 0 Å². The Morgan fingerprint density at radius 3 is 2.22 bits per heavy atom. The maximum atomic E-state index is 11.2. The van der Waals surface area contributed by atoms with Crippen molar-refractivity contribution in [1.29, 1.82) is 0 Å². The van der Waals surface area contributed by atoms with E-state index in [1.165, 1.54) is 38.5 Å². The van der Waals surface area contributed by atoms with Crippen molar-refractivity contribution in [3.63, 3.8) is 0 Å². The normalized spacial score (nSPS) is 46.4. The Bertz CT molecular complexity index is 369. The van der Waals surface area contributed by atoms with Gasteiger partial charge < -0.3 is 5.11 Å². The molecule has 4 bridgehead atoms. The van der Waals surface area contributed by atoms with Crippen LogP contribution in [0.2, 0.25) is 0 Å². The lowest BCUT2D eigenvalue weighted by Crippen LogP contribution is -2.56. The third-order valence-corrected chi connectivity index (χ3v) is 6.38. The Labute approximate surface area is 110 Å². The second-order valence-corrected chi connectivity index (χ2v) is 8.51. The Morgan fingerprint density at radius 2 is 1.78 bits per heavy atom. The summed E-state index contributed by atoms with van der Waals surface area (Å²) in [6, 6.07) is 0. The lowest BCUT2D eigenvalue weighted by atomic mass is 9.39. The van der Waals surface area contributed by atoms with Gasteiger partial charge in [0, 0.05) is 0 Å². The fraction of sp³-hybridized carbons (Fsp3) is 0.938. The van der Waals surface area contributed by atoms with Crippen molar-refractivity contribution in [3.8, 4) is 0 Å².